The lowest BCUT2D eigenvalue weighted by Crippen LogP contribution is -2.40. The molecule has 3 amide bonds. The normalized spacial score (nSPS) is 11.8. The topological polar surface area (TPSA) is 109 Å². The Morgan fingerprint density at radius 3 is 2.29 bits per heavy atom. The molecule has 0 fully saturated rings. The minimum Gasteiger partial charge on any atom is -0.334 e. The van der Waals surface area contributed by atoms with Gasteiger partial charge in [-0.2, -0.15) is 0 Å². The van der Waals surface area contributed by atoms with Crippen LogP contribution in [-0.2, 0) is 11.3 Å². The first kappa shape index (κ1) is 25.6. The van der Waals surface area contributed by atoms with E-state index in [1.54, 1.807) is 36.7 Å². The van der Waals surface area contributed by atoms with E-state index in [2.05, 4.69) is 20.9 Å². The highest BCUT2D eigenvalue weighted by molar-refractivity contribution is 5.96. The van der Waals surface area contributed by atoms with E-state index in [1.165, 1.54) is 0 Å². The van der Waals surface area contributed by atoms with Crippen LogP contribution in [0.5, 0.6) is 0 Å². The fourth-order valence-corrected chi connectivity index (χ4v) is 2.27. The van der Waals surface area contributed by atoms with Crippen molar-refractivity contribution in [1.29, 1.82) is 0 Å². The number of hydrogen-bond donors (Lipinski definition) is 4. The quantitative estimate of drug-likeness (QED) is 0.541. The number of carbonyl (C=O) groups is 2. The Morgan fingerprint density at radius 1 is 1.07 bits per heavy atom. The van der Waals surface area contributed by atoms with Crippen molar-refractivity contribution in [2.45, 2.75) is 32.9 Å². The minimum absolute atomic E-state index is 0. The molecule has 2 rings (SSSR count). The molecule has 0 aliphatic carbocycles. The van der Waals surface area contributed by atoms with Gasteiger partial charge in [0, 0.05) is 30.3 Å². The molecule has 0 radical (unpaired) electrons. The minimum atomic E-state index is -0.569. The van der Waals surface area contributed by atoms with Crippen molar-refractivity contribution in [2.75, 3.05) is 10.6 Å². The van der Waals surface area contributed by atoms with Gasteiger partial charge in [-0.25, -0.2) is 4.79 Å². The van der Waals surface area contributed by atoms with Gasteiger partial charge in [0.1, 0.15) is 0 Å². The number of halogens is 2. The zero-order chi connectivity index (χ0) is 18.9. The SMILES string of the molecule is CCC(C)C(N)C(=O)Nc1cccc(NC(=O)NCc2ccncc2)c1.Cl.Cl. The van der Waals surface area contributed by atoms with Crippen LogP contribution >= 0.6 is 24.8 Å². The number of anilines is 2. The van der Waals surface area contributed by atoms with Crippen molar-refractivity contribution in [3.63, 3.8) is 0 Å². The van der Waals surface area contributed by atoms with E-state index in [0.717, 1.165) is 12.0 Å². The van der Waals surface area contributed by atoms with Crippen LogP contribution in [0.25, 0.3) is 0 Å². The number of nitrogens with zero attached hydrogens (tertiary/aromatic N) is 1. The predicted molar refractivity (Wildman–Crippen MR) is 117 cm³/mol. The van der Waals surface area contributed by atoms with E-state index in [0.29, 0.717) is 17.9 Å². The molecule has 0 spiro atoms. The van der Waals surface area contributed by atoms with Crippen molar-refractivity contribution in [1.82, 2.24) is 10.3 Å². The average Bonchev–Trinajstić information content (AvgIpc) is 2.66. The number of hydrogen-bond acceptors (Lipinski definition) is 4. The van der Waals surface area contributed by atoms with E-state index in [1.807, 2.05) is 26.0 Å². The van der Waals surface area contributed by atoms with Crippen molar-refractivity contribution >= 4 is 48.1 Å². The summed E-state index contributed by atoms with van der Waals surface area (Å²) in [4.78, 5) is 28.1. The van der Waals surface area contributed by atoms with Gasteiger partial charge in [-0.15, -0.1) is 24.8 Å². The van der Waals surface area contributed by atoms with E-state index in [-0.39, 0.29) is 42.7 Å². The van der Waals surface area contributed by atoms with E-state index in [9.17, 15) is 9.59 Å². The lowest BCUT2D eigenvalue weighted by molar-refractivity contribution is -0.118. The van der Waals surface area contributed by atoms with Gasteiger partial charge in [0.05, 0.1) is 6.04 Å². The van der Waals surface area contributed by atoms with Gasteiger partial charge in [0.15, 0.2) is 0 Å². The molecule has 0 aliphatic rings. The number of nitrogens with one attached hydrogen (secondary N) is 3. The fourth-order valence-electron chi connectivity index (χ4n) is 2.27. The Balaban J connectivity index is 0.00000364. The highest BCUT2D eigenvalue weighted by Gasteiger charge is 2.19. The summed E-state index contributed by atoms with van der Waals surface area (Å²) in [5, 5.41) is 8.29. The van der Waals surface area contributed by atoms with E-state index >= 15 is 0 Å². The summed E-state index contributed by atoms with van der Waals surface area (Å²) in [5.74, 6) is -0.145. The van der Waals surface area contributed by atoms with Crippen LogP contribution in [0.2, 0.25) is 0 Å². The molecule has 2 unspecified atom stereocenters. The molecule has 1 aromatic heterocycles. The maximum atomic E-state index is 12.2. The van der Waals surface area contributed by atoms with Crippen LogP contribution in [0.1, 0.15) is 25.8 Å². The third-order valence-corrected chi connectivity index (χ3v) is 4.15. The molecular weight excluding hydrogens is 401 g/mol. The second-order valence-corrected chi connectivity index (χ2v) is 6.14. The van der Waals surface area contributed by atoms with Crippen LogP contribution in [0, 0.1) is 5.92 Å². The van der Waals surface area contributed by atoms with Crippen molar-refractivity contribution in [3.8, 4) is 0 Å². The Bertz CT molecular complexity index is 746. The number of benzene rings is 1. The molecule has 9 heteroatoms. The van der Waals surface area contributed by atoms with Gasteiger partial charge < -0.3 is 21.7 Å². The zero-order valence-electron chi connectivity index (χ0n) is 15.8. The lowest BCUT2D eigenvalue weighted by Gasteiger charge is -2.18. The summed E-state index contributed by atoms with van der Waals surface area (Å²) in [5.41, 5.74) is 8.05. The standard InChI is InChI=1S/C19H25N5O2.2ClH/c1-3-13(2)17(20)18(25)23-15-5-4-6-16(11-15)24-19(26)22-12-14-7-9-21-10-8-14;;/h4-11,13,17H,3,12,20H2,1-2H3,(H,23,25)(H2,22,24,26);2*1H. The Hall–Kier alpha value is -2.35. The molecule has 0 bridgehead atoms. The number of rotatable bonds is 7. The van der Waals surface area contributed by atoms with Crippen LogP contribution in [-0.4, -0.2) is 23.0 Å². The molecule has 2 atom stereocenters. The third-order valence-electron chi connectivity index (χ3n) is 4.15. The van der Waals surface area contributed by atoms with Crippen LogP contribution < -0.4 is 21.7 Å². The number of aromatic nitrogens is 1. The number of urea groups is 1. The predicted octanol–water partition coefficient (Wildman–Crippen LogP) is 3.56. The van der Waals surface area contributed by atoms with Crippen molar-refractivity contribution in [2.24, 2.45) is 11.7 Å². The summed E-state index contributed by atoms with van der Waals surface area (Å²) >= 11 is 0. The van der Waals surface area contributed by atoms with Crippen molar-refractivity contribution < 1.29 is 9.59 Å². The van der Waals surface area contributed by atoms with Gasteiger partial charge in [-0.05, 0) is 41.8 Å². The van der Waals surface area contributed by atoms with Crippen molar-refractivity contribution in [3.05, 3.63) is 54.4 Å². The first-order chi connectivity index (χ1) is 12.5. The second kappa shape index (κ2) is 12.9. The van der Waals surface area contributed by atoms with E-state index in [4.69, 9.17) is 5.73 Å². The van der Waals surface area contributed by atoms with Crippen LogP contribution in [0.4, 0.5) is 16.2 Å². The lowest BCUT2D eigenvalue weighted by atomic mass is 9.99. The molecule has 1 aromatic carbocycles. The molecule has 1 heterocycles. The fraction of sp³-hybridized carbons (Fsp3) is 0.316. The summed E-state index contributed by atoms with van der Waals surface area (Å²) in [6.07, 6.45) is 4.17. The number of pyridine rings is 1. The number of carbonyl (C=O) groups excluding carboxylic acids is 2. The van der Waals surface area contributed by atoms with Crippen LogP contribution in [0.15, 0.2) is 48.8 Å². The van der Waals surface area contributed by atoms with E-state index < -0.39 is 6.04 Å². The molecular formula is C19H27Cl2N5O2. The first-order valence-electron chi connectivity index (χ1n) is 8.60. The van der Waals surface area contributed by atoms with Crippen LogP contribution in [0.3, 0.4) is 0 Å². The average molecular weight is 428 g/mol. The Kier molecular flexibility index (Phi) is 11.8. The molecule has 0 saturated carbocycles. The second-order valence-electron chi connectivity index (χ2n) is 6.14. The molecule has 5 N–H and O–H groups in total. The smallest absolute Gasteiger partial charge is 0.319 e. The third kappa shape index (κ3) is 8.12. The molecule has 7 nitrogen and oxygen atoms in total. The molecule has 2 aromatic rings. The summed E-state index contributed by atoms with van der Waals surface area (Å²) < 4.78 is 0. The molecule has 154 valence electrons. The van der Waals surface area contributed by atoms with Gasteiger partial charge in [-0.1, -0.05) is 26.3 Å². The van der Waals surface area contributed by atoms with Gasteiger partial charge in [-0.3, -0.25) is 9.78 Å². The highest BCUT2D eigenvalue weighted by atomic mass is 35.5. The van der Waals surface area contributed by atoms with Gasteiger partial charge in [0.2, 0.25) is 5.91 Å². The molecule has 0 saturated heterocycles. The largest absolute Gasteiger partial charge is 0.334 e. The Labute approximate surface area is 177 Å². The monoisotopic (exact) mass is 427 g/mol. The maximum absolute atomic E-state index is 12.2. The zero-order valence-corrected chi connectivity index (χ0v) is 17.5. The summed E-state index contributed by atoms with van der Waals surface area (Å²) in [6.45, 7) is 4.33. The number of nitrogens with two attached hydrogens (primary N) is 1. The Morgan fingerprint density at radius 2 is 1.68 bits per heavy atom. The number of amides is 3. The molecule has 28 heavy (non-hydrogen) atoms. The highest BCUT2D eigenvalue weighted by Crippen LogP contribution is 2.16. The summed E-state index contributed by atoms with van der Waals surface area (Å²) in [7, 11) is 0. The first-order valence-corrected chi connectivity index (χ1v) is 8.60. The van der Waals surface area contributed by atoms with Gasteiger partial charge >= 0.3 is 6.03 Å². The maximum Gasteiger partial charge on any atom is 0.319 e. The summed E-state index contributed by atoms with van der Waals surface area (Å²) in [6, 6.07) is 9.70. The van der Waals surface area contributed by atoms with Gasteiger partial charge in [0.25, 0.3) is 0 Å². The molecule has 0 aliphatic heterocycles.